The van der Waals surface area contributed by atoms with Crippen LogP contribution >= 0.6 is 11.6 Å². The van der Waals surface area contributed by atoms with Crippen molar-refractivity contribution in [2.24, 2.45) is 0 Å². The molecule has 1 aromatic carbocycles. The van der Waals surface area contributed by atoms with E-state index in [0.717, 1.165) is 45.1 Å². The largest absolute Gasteiger partial charge is 0.495 e. The summed E-state index contributed by atoms with van der Waals surface area (Å²) < 4.78 is 5.13. The molecular formula is C13H20ClN3O. The van der Waals surface area contributed by atoms with Gasteiger partial charge in [0.1, 0.15) is 5.75 Å². The SMILES string of the molecule is COc1ccc(CNCN2CCNCC2)cc1Cl. The van der Waals surface area contributed by atoms with Crippen LogP contribution in [0.25, 0.3) is 0 Å². The smallest absolute Gasteiger partial charge is 0.137 e. The van der Waals surface area contributed by atoms with Crippen molar-refractivity contribution >= 4 is 11.6 Å². The number of rotatable bonds is 5. The lowest BCUT2D eigenvalue weighted by molar-refractivity contribution is 0.223. The lowest BCUT2D eigenvalue weighted by atomic mass is 10.2. The summed E-state index contributed by atoms with van der Waals surface area (Å²) in [5.41, 5.74) is 1.18. The molecule has 0 bridgehead atoms. The summed E-state index contributed by atoms with van der Waals surface area (Å²) in [7, 11) is 1.63. The van der Waals surface area contributed by atoms with Crippen molar-refractivity contribution in [2.75, 3.05) is 40.0 Å². The second-order valence-electron chi connectivity index (χ2n) is 4.42. The number of piperazine rings is 1. The maximum atomic E-state index is 6.09. The zero-order valence-corrected chi connectivity index (χ0v) is 11.5. The zero-order chi connectivity index (χ0) is 12.8. The normalized spacial score (nSPS) is 16.8. The fraction of sp³-hybridized carbons (Fsp3) is 0.538. The number of nitrogens with one attached hydrogen (secondary N) is 2. The predicted molar refractivity (Wildman–Crippen MR) is 74.2 cm³/mol. The molecule has 1 aliphatic heterocycles. The van der Waals surface area contributed by atoms with Crippen LogP contribution in [0.1, 0.15) is 5.56 Å². The number of benzene rings is 1. The Bertz CT molecular complexity index is 380. The standard InChI is InChI=1S/C13H20ClN3O/c1-18-13-3-2-11(8-12(13)14)9-16-10-17-6-4-15-5-7-17/h2-3,8,15-16H,4-7,9-10H2,1H3. The lowest BCUT2D eigenvalue weighted by Gasteiger charge is -2.27. The van der Waals surface area contributed by atoms with Crippen molar-refractivity contribution in [3.63, 3.8) is 0 Å². The van der Waals surface area contributed by atoms with Crippen LogP contribution in [0.4, 0.5) is 0 Å². The van der Waals surface area contributed by atoms with Gasteiger partial charge in [-0.25, -0.2) is 0 Å². The van der Waals surface area contributed by atoms with Gasteiger partial charge in [-0.2, -0.15) is 0 Å². The molecule has 2 rings (SSSR count). The van der Waals surface area contributed by atoms with E-state index in [1.54, 1.807) is 7.11 Å². The highest BCUT2D eigenvalue weighted by Crippen LogP contribution is 2.24. The molecule has 100 valence electrons. The molecule has 1 heterocycles. The third kappa shape index (κ3) is 3.85. The number of methoxy groups -OCH3 is 1. The van der Waals surface area contributed by atoms with E-state index in [0.29, 0.717) is 5.02 Å². The van der Waals surface area contributed by atoms with E-state index >= 15 is 0 Å². The van der Waals surface area contributed by atoms with Crippen molar-refractivity contribution in [3.8, 4) is 5.75 Å². The third-order valence-electron chi connectivity index (χ3n) is 3.09. The molecule has 0 saturated carbocycles. The topological polar surface area (TPSA) is 36.5 Å². The van der Waals surface area contributed by atoms with Gasteiger partial charge in [0, 0.05) is 39.4 Å². The maximum Gasteiger partial charge on any atom is 0.137 e. The molecule has 0 amide bonds. The van der Waals surface area contributed by atoms with Crippen LogP contribution in [-0.4, -0.2) is 44.9 Å². The summed E-state index contributed by atoms with van der Waals surface area (Å²) in [4.78, 5) is 2.40. The number of hydrogen-bond acceptors (Lipinski definition) is 4. The van der Waals surface area contributed by atoms with E-state index in [-0.39, 0.29) is 0 Å². The van der Waals surface area contributed by atoms with Crippen LogP contribution in [0.5, 0.6) is 5.75 Å². The van der Waals surface area contributed by atoms with Crippen LogP contribution in [0.3, 0.4) is 0 Å². The number of halogens is 1. The van der Waals surface area contributed by atoms with Gasteiger partial charge < -0.3 is 15.4 Å². The molecule has 18 heavy (non-hydrogen) atoms. The molecule has 0 spiro atoms. The van der Waals surface area contributed by atoms with Crippen LogP contribution in [0.2, 0.25) is 5.02 Å². The van der Waals surface area contributed by atoms with Gasteiger partial charge in [0.2, 0.25) is 0 Å². The molecule has 0 aromatic heterocycles. The molecule has 5 heteroatoms. The predicted octanol–water partition coefficient (Wildman–Crippen LogP) is 1.30. The first-order valence-electron chi connectivity index (χ1n) is 6.26. The Morgan fingerprint density at radius 2 is 2.17 bits per heavy atom. The molecule has 0 radical (unpaired) electrons. The van der Waals surface area contributed by atoms with Gasteiger partial charge in [-0.3, -0.25) is 4.90 Å². The second kappa shape index (κ2) is 6.95. The molecule has 1 aliphatic rings. The molecule has 2 N–H and O–H groups in total. The zero-order valence-electron chi connectivity index (χ0n) is 10.7. The molecule has 0 unspecified atom stereocenters. The molecule has 0 atom stereocenters. The molecule has 1 saturated heterocycles. The Kier molecular flexibility index (Phi) is 5.26. The maximum absolute atomic E-state index is 6.09. The van der Waals surface area contributed by atoms with Crippen LogP contribution in [0, 0.1) is 0 Å². The van der Waals surface area contributed by atoms with Gasteiger partial charge in [-0.1, -0.05) is 17.7 Å². The minimum absolute atomic E-state index is 0.666. The lowest BCUT2D eigenvalue weighted by Crippen LogP contribution is -2.46. The van der Waals surface area contributed by atoms with Crippen molar-refractivity contribution in [2.45, 2.75) is 6.54 Å². The van der Waals surface area contributed by atoms with Crippen LogP contribution in [0.15, 0.2) is 18.2 Å². The summed E-state index contributed by atoms with van der Waals surface area (Å²) in [6.45, 7) is 6.12. The summed E-state index contributed by atoms with van der Waals surface area (Å²) in [6, 6.07) is 5.89. The van der Waals surface area contributed by atoms with E-state index in [1.165, 1.54) is 5.56 Å². The number of nitrogens with zero attached hydrogens (tertiary/aromatic N) is 1. The highest BCUT2D eigenvalue weighted by atomic mass is 35.5. The Hall–Kier alpha value is -0.810. The highest BCUT2D eigenvalue weighted by Gasteiger charge is 2.08. The summed E-state index contributed by atoms with van der Waals surface area (Å²) in [5, 5.41) is 7.44. The number of hydrogen-bond donors (Lipinski definition) is 2. The summed E-state index contributed by atoms with van der Waals surface area (Å²) >= 11 is 6.09. The van der Waals surface area contributed by atoms with Crippen LogP contribution < -0.4 is 15.4 Å². The Morgan fingerprint density at radius 3 is 2.83 bits per heavy atom. The van der Waals surface area contributed by atoms with E-state index in [9.17, 15) is 0 Å². The van der Waals surface area contributed by atoms with Gasteiger partial charge in [-0.15, -0.1) is 0 Å². The fourth-order valence-electron chi connectivity index (χ4n) is 2.05. The number of ether oxygens (including phenoxy) is 1. The van der Waals surface area contributed by atoms with Gasteiger partial charge in [0.15, 0.2) is 0 Å². The van der Waals surface area contributed by atoms with E-state index < -0.39 is 0 Å². The van der Waals surface area contributed by atoms with Crippen molar-refractivity contribution in [1.82, 2.24) is 15.5 Å². The molecule has 0 aliphatic carbocycles. The Balaban J connectivity index is 1.77. The minimum Gasteiger partial charge on any atom is -0.495 e. The quantitative estimate of drug-likeness (QED) is 0.845. The second-order valence-corrected chi connectivity index (χ2v) is 4.83. The third-order valence-corrected chi connectivity index (χ3v) is 3.39. The van der Waals surface area contributed by atoms with Gasteiger partial charge in [-0.05, 0) is 17.7 Å². The molecule has 1 fully saturated rings. The molecule has 4 nitrogen and oxygen atoms in total. The summed E-state index contributed by atoms with van der Waals surface area (Å²) in [6.07, 6.45) is 0. The first-order chi connectivity index (χ1) is 8.79. The Morgan fingerprint density at radius 1 is 1.39 bits per heavy atom. The first kappa shape index (κ1) is 13.6. The highest BCUT2D eigenvalue weighted by molar-refractivity contribution is 6.32. The first-order valence-corrected chi connectivity index (χ1v) is 6.63. The van der Waals surface area contributed by atoms with Crippen molar-refractivity contribution < 1.29 is 4.74 Å². The van der Waals surface area contributed by atoms with E-state index in [1.807, 2.05) is 18.2 Å². The average Bonchev–Trinajstić information content (AvgIpc) is 2.40. The average molecular weight is 270 g/mol. The van der Waals surface area contributed by atoms with Crippen molar-refractivity contribution in [3.05, 3.63) is 28.8 Å². The van der Waals surface area contributed by atoms with Gasteiger partial charge >= 0.3 is 0 Å². The summed E-state index contributed by atoms with van der Waals surface area (Å²) in [5.74, 6) is 0.725. The Labute approximate surface area is 113 Å². The fourth-order valence-corrected chi connectivity index (χ4v) is 2.33. The van der Waals surface area contributed by atoms with Crippen molar-refractivity contribution in [1.29, 1.82) is 0 Å². The van der Waals surface area contributed by atoms with E-state index in [2.05, 4.69) is 15.5 Å². The van der Waals surface area contributed by atoms with Gasteiger partial charge in [0.25, 0.3) is 0 Å². The minimum atomic E-state index is 0.666. The molecule has 1 aromatic rings. The molecular weight excluding hydrogens is 250 g/mol. The monoisotopic (exact) mass is 269 g/mol. The van der Waals surface area contributed by atoms with E-state index in [4.69, 9.17) is 16.3 Å². The van der Waals surface area contributed by atoms with Crippen LogP contribution in [-0.2, 0) is 6.54 Å². The van der Waals surface area contributed by atoms with Gasteiger partial charge in [0.05, 0.1) is 12.1 Å².